The van der Waals surface area contributed by atoms with E-state index in [0.29, 0.717) is 5.56 Å². The van der Waals surface area contributed by atoms with E-state index < -0.39 is 0 Å². The van der Waals surface area contributed by atoms with Crippen LogP contribution in [0, 0.1) is 13.8 Å². The Morgan fingerprint density at radius 1 is 0.880 bits per heavy atom. The van der Waals surface area contributed by atoms with Gasteiger partial charge >= 0.3 is 5.97 Å². The monoisotopic (exact) mass is 347 g/mol. The average Bonchev–Trinajstić information content (AvgIpc) is 2.96. The summed E-state index contributed by atoms with van der Waals surface area (Å²) in [4.78, 5) is 13.3. The second-order valence-corrected chi connectivity index (χ2v) is 8.21. The normalized spacial score (nSPS) is 11.9. The van der Waals surface area contributed by atoms with Gasteiger partial charge in [0.15, 0.2) is 14.3 Å². The van der Waals surface area contributed by atoms with Crippen LogP contribution in [0.5, 0.6) is 0 Å². The Morgan fingerprint density at radius 2 is 1.64 bits per heavy atom. The third-order valence-electron chi connectivity index (χ3n) is 4.58. The first-order valence-corrected chi connectivity index (χ1v) is 9.46. The van der Waals surface area contributed by atoms with Gasteiger partial charge in [0, 0.05) is 32.9 Å². The summed E-state index contributed by atoms with van der Waals surface area (Å²) in [6, 6.07) is 21.1. The molecule has 0 bridgehead atoms. The summed E-state index contributed by atoms with van der Waals surface area (Å²) < 4.78 is 7.50. The Hall–Kier alpha value is -2.65. The van der Waals surface area contributed by atoms with Crippen LogP contribution in [-0.4, -0.2) is 13.1 Å². The van der Waals surface area contributed by atoms with Crippen LogP contribution >= 0.6 is 10.5 Å². The molecule has 0 aliphatic rings. The summed E-state index contributed by atoms with van der Waals surface area (Å²) in [5, 5.41) is 2.36. The third kappa shape index (κ3) is 2.52. The molecule has 1 aromatic heterocycles. The molecule has 0 aliphatic carbocycles. The van der Waals surface area contributed by atoms with E-state index >= 15 is 0 Å². The summed E-state index contributed by atoms with van der Waals surface area (Å²) in [5.74, 6) is -0.293. The zero-order chi connectivity index (χ0) is 17.6. The van der Waals surface area contributed by atoms with Crippen molar-refractivity contribution in [3.63, 3.8) is 0 Å². The zero-order valence-corrected chi connectivity index (χ0v) is 15.3. The van der Waals surface area contributed by atoms with E-state index in [2.05, 4.69) is 62.4 Å². The highest BCUT2D eigenvalue weighted by atomic mass is 32.2. The van der Waals surface area contributed by atoms with Crippen molar-refractivity contribution < 1.29 is 9.53 Å². The molecular weight excluding hydrogens is 328 g/mol. The molecule has 25 heavy (non-hydrogen) atoms. The Bertz CT molecular complexity index is 1120. The number of aryl methyl sites for hydroxylation is 2. The summed E-state index contributed by atoms with van der Waals surface area (Å²) in [7, 11) is 1.28. The fraction of sp³-hybridized carbons (Fsp3) is 0.136. The first-order chi connectivity index (χ1) is 12.1. The highest BCUT2D eigenvalue weighted by molar-refractivity contribution is 7.50. The van der Waals surface area contributed by atoms with Crippen LogP contribution in [0.25, 0.3) is 25.1 Å². The summed E-state index contributed by atoms with van der Waals surface area (Å²) in [6.07, 6.45) is 0. The van der Waals surface area contributed by atoms with Gasteiger partial charge < -0.3 is 4.74 Å². The molecule has 0 spiro atoms. The lowest BCUT2D eigenvalue weighted by molar-refractivity contribution is 0.0601. The van der Waals surface area contributed by atoms with Crippen molar-refractivity contribution in [3.8, 4) is 4.90 Å². The number of benzene rings is 3. The summed E-state index contributed by atoms with van der Waals surface area (Å²) >= 11 is 0. The number of methoxy groups -OCH3 is 1. The Labute approximate surface area is 149 Å². The van der Waals surface area contributed by atoms with Crippen molar-refractivity contribution in [2.75, 3.05) is 7.11 Å². The van der Waals surface area contributed by atoms with Gasteiger partial charge in [0.25, 0.3) is 0 Å². The second-order valence-electron chi connectivity index (χ2n) is 6.27. The molecule has 4 rings (SSSR count). The summed E-state index contributed by atoms with van der Waals surface area (Å²) in [5.41, 5.74) is 3.17. The fourth-order valence-electron chi connectivity index (χ4n) is 3.31. The van der Waals surface area contributed by atoms with Crippen molar-refractivity contribution in [2.45, 2.75) is 13.8 Å². The molecule has 0 fully saturated rings. The van der Waals surface area contributed by atoms with Crippen molar-refractivity contribution in [1.82, 2.24) is 0 Å². The largest absolute Gasteiger partial charge is 0.465 e. The van der Waals surface area contributed by atoms with Crippen LogP contribution in [0.1, 0.15) is 21.5 Å². The number of carbonyl (C=O) groups is 1. The maximum absolute atomic E-state index is 12.0. The Kier molecular flexibility index (Phi) is 3.81. The van der Waals surface area contributed by atoms with Crippen molar-refractivity contribution in [1.29, 1.82) is 0 Å². The molecule has 3 aromatic carbocycles. The SMILES string of the molecule is COC(=O)c1ccc2c(c1)c1ccccc1[s+]2-c1cc(C)ccc1C. The lowest BCUT2D eigenvalue weighted by atomic mass is 10.1. The van der Waals surface area contributed by atoms with Gasteiger partial charge in [-0.2, -0.15) is 0 Å². The molecule has 0 N–H and O–H groups in total. The van der Waals surface area contributed by atoms with Gasteiger partial charge in [-0.3, -0.25) is 0 Å². The van der Waals surface area contributed by atoms with Gasteiger partial charge in [-0.1, -0.05) is 24.3 Å². The first kappa shape index (κ1) is 15.9. The third-order valence-corrected chi connectivity index (χ3v) is 7.05. The molecule has 2 nitrogen and oxygen atoms in total. The van der Waals surface area contributed by atoms with Crippen molar-refractivity contribution in [3.05, 3.63) is 77.4 Å². The van der Waals surface area contributed by atoms with Gasteiger partial charge in [-0.05, 0) is 49.7 Å². The minimum atomic E-state index is -0.293. The molecule has 0 amide bonds. The predicted octanol–water partition coefficient (Wildman–Crippen LogP) is 6.13. The maximum atomic E-state index is 12.0. The second kappa shape index (κ2) is 6.01. The first-order valence-electron chi connectivity index (χ1n) is 8.23. The predicted molar refractivity (Wildman–Crippen MR) is 106 cm³/mol. The molecule has 1 atom stereocenters. The minimum Gasteiger partial charge on any atom is -0.465 e. The van der Waals surface area contributed by atoms with Gasteiger partial charge in [0.1, 0.15) is 0 Å². The highest BCUT2D eigenvalue weighted by Crippen LogP contribution is 2.49. The van der Waals surface area contributed by atoms with Crippen LogP contribution in [0.15, 0.2) is 60.7 Å². The quantitative estimate of drug-likeness (QED) is 0.322. The molecule has 1 heterocycles. The molecule has 0 radical (unpaired) electrons. The summed E-state index contributed by atoms with van der Waals surface area (Å²) in [6.45, 7) is 4.31. The fourth-order valence-corrected chi connectivity index (χ4v) is 5.92. The Balaban J connectivity index is 2.13. The van der Waals surface area contributed by atoms with Crippen LogP contribution in [-0.2, 0) is 4.74 Å². The number of hydrogen-bond acceptors (Lipinski definition) is 2. The molecule has 0 saturated heterocycles. The van der Waals surface area contributed by atoms with Crippen LogP contribution in [0.4, 0.5) is 0 Å². The van der Waals surface area contributed by atoms with E-state index in [1.807, 2.05) is 12.1 Å². The number of rotatable bonds is 2. The van der Waals surface area contributed by atoms with E-state index in [1.54, 1.807) is 0 Å². The van der Waals surface area contributed by atoms with E-state index in [0.717, 1.165) is 5.39 Å². The number of ether oxygens (including phenoxy) is 1. The van der Waals surface area contributed by atoms with Gasteiger partial charge in [0.2, 0.25) is 0 Å². The lowest BCUT2D eigenvalue weighted by Gasteiger charge is -2.01. The van der Waals surface area contributed by atoms with Crippen LogP contribution in [0.3, 0.4) is 0 Å². The zero-order valence-electron chi connectivity index (χ0n) is 14.5. The minimum absolute atomic E-state index is 0.138. The number of carbonyl (C=O) groups excluding carboxylic acids is 1. The molecule has 124 valence electrons. The molecule has 4 aromatic rings. The standard InChI is InChI=1S/C22H19O2S/c1-14-8-9-15(2)21(12-14)25-19-7-5-4-6-17(19)18-13-16(22(23)24-3)10-11-20(18)25/h4-13H,1-3H3/q+1. The molecule has 3 heteroatoms. The topological polar surface area (TPSA) is 26.3 Å². The van der Waals surface area contributed by atoms with E-state index in [9.17, 15) is 4.79 Å². The van der Waals surface area contributed by atoms with E-state index in [4.69, 9.17) is 4.74 Å². The number of fused-ring (bicyclic) bond motifs is 3. The number of thiophene rings is 1. The van der Waals surface area contributed by atoms with Crippen molar-refractivity contribution in [2.24, 2.45) is 0 Å². The number of hydrogen-bond donors (Lipinski definition) is 0. The molecule has 1 unspecified atom stereocenters. The van der Waals surface area contributed by atoms with Crippen LogP contribution < -0.4 is 0 Å². The lowest BCUT2D eigenvalue weighted by Crippen LogP contribution is -2.00. The number of esters is 1. The highest BCUT2D eigenvalue weighted by Gasteiger charge is 2.25. The van der Waals surface area contributed by atoms with Gasteiger partial charge in [-0.15, -0.1) is 0 Å². The average molecular weight is 347 g/mol. The van der Waals surface area contributed by atoms with Crippen molar-refractivity contribution >= 4 is 36.6 Å². The molecular formula is C22H19O2S+. The van der Waals surface area contributed by atoms with Gasteiger partial charge in [-0.25, -0.2) is 4.79 Å². The van der Waals surface area contributed by atoms with E-state index in [1.165, 1.54) is 37.9 Å². The van der Waals surface area contributed by atoms with Gasteiger partial charge in [0.05, 0.1) is 12.7 Å². The van der Waals surface area contributed by atoms with Crippen LogP contribution in [0.2, 0.25) is 0 Å². The molecule has 0 aliphatic heterocycles. The molecule has 0 saturated carbocycles. The maximum Gasteiger partial charge on any atom is 0.337 e. The smallest absolute Gasteiger partial charge is 0.337 e. The van der Waals surface area contributed by atoms with E-state index in [-0.39, 0.29) is 16.4 Å². The Morgan fingerprint density at radius 3 is 2.44 bits per heavy atom.